The van der Waals surface area contributed by atoms with Crippen LogP contribution < -0.4 is 10.2 Å². The standard InChI is InChI=1S/C23H26ClN3O3/c1-16(28)27-10-9-17-5-2-3-6-18(17)21(27)15-22(29)25-20-8-4-7-19(24)23(20)26-11-13-30-14-12-26/h2-8,21H,9-15H2,1H3,(H,25,29). The molecule has 0 bridgehead atoms. The average Bonchev–Trinajstić information content (AvgIpc) is 2.74. The Kier molecular flexibility index (Phi) is 6.25. The van der Waals surface area contributed by atoms with E-state index in [-0.39, 0.29) is 24.3 Å². The molecule has 2 aliphatic rings. The Morgan fingerprint density at radius 2 is 1.87 bits per heavy atom. The number of benzene rings is 2. The SMILES string of the molecule is CC(=O)N1CCc2ccccc2C1CC(=O)Nc1cccc(Cl)c1N1CCOCC1. The topological polar surface area (TPSA) is 61.9 Å². The maximum atomic E-state index is 13.1. The minimum atomic E-state index is -0.265. The zero-order valence-corrected chi connectivity index (χ0v) is 17.8. The van der Waals surface area contributed by atoms with Crippen molar-refractivity contribution in [2.45, 2.75) is 25.8 Å². The van der Waals surface area contributed by atoms with Crippen LogP contribution in [0.3, 0.4) is 0 Å². The number of para-hydroxylation sites is 1. The van der Waals surface area contributed by atoms with E-state index in [1.165, 1.54) is 5.56 Å². The number of rotatable bonds is 4. The lowest BCUT2D eigenvalue weighted by molar-refractivity contribution is -0.132. The van der Waals surface area contributed by atoms with Gasteiger partial charge in [0.1, 0.15) is 0 Å². The van der Waals surface area contributed by atoms with Crippen molar-refractivity contribution >= 4 is 34.8 Å². The maximum Gasteiger partial charge on any atom is 0.226 e. The molecule has 0 aliphatic carbocycles. The van der Waals surface area contributed by atoms with Crippen LogP contribution in [0.25, 0.3) is 0 Å². The van der Waals surface area contributed by atoms with Crippen molar-refractivity contribution in [3.63, 3.8) is 0 Å². The zero-order chi connectivity index (χ0) is 21.1. The molecule has 2 heterocycles. The van der Waals surface area contributed by atoms with Crippen LogP contribution in [-0.2, 0) is 20.7 Å². The third-order valence-electron chi connectivity index (χ3n) is 5.78. The predicted molar refractivity (Wildman–Crippen MR) is 118 cm³/mol. The highest BCUT2D eigenvalue weighted by Gasteiger charge is 2.31. The summed E-state index contributed by atoms with van der Waals surface area (Å²) in [6.45, 7) is 4.89. The third kappa shape index (κ3) is 4.30. The summed E-state index contributed by atoms with van der Waals surface area (Å²) in [7, 11) is 0. The molecule has 0 aromatic heterocycles. The number of carbonyl (C=O) groups excluding carboxylic acids is 2. The van der Waals surface area contributed by atoms with Gasteiger partial charge in [-0.3, -0.25) is 9.59 Å². The van der Waals surface area contributed by atoms with Crippen LogP contribution in [-0.4, -0.2) is 49.6 Å². The van der Waals surface area contributed by atoms with Crippen molar-refractivity contribution in [3.8, 4) is 0 Å². The largest absolute Gasteiger partial charge is 0.378 e. The minimum Gasteiger partial charge on any atom is -0.378 e. The first-order valence-corrected chi connectivity index (χ1v) is 10.7. The van der Waals surface area contributed by atoms with E-state index in [1.807, 2.05) is 36.4 Å². The Bertz CT molecular complexity index is 943. The average molecular weight is 428 g/mol. The van der Waals surface area contributed by atoms with Crippen LogP contribution in [0.2, 0.25) is 5.02 Å². The molecule has 1 unspecified atom stereocenters. The number of nitrogens with zero attached hydrogens (tertiary/aromatic N) is 2. The molecule has 2 aromatic carbocycles. The Hall–Kier alpha value is -2.57. The lowest BCUT2D eigenvalue weighted by Crippen LogP contribution is -2.40. The normalized spacial score (nSPS) is 18.7. The number of fused-ring (bicyclic) bond motifs is 1. The lowest BCUT2D eigenvalue weighted by Gasteiger charge is -2.36. The molecule has 2 amide bonds. The van der Waals surface area contributed by atoms with E-state index in [0.717, 1.165) is 30.8 Å². The molecule has 7 heteroatoms. The number of morpholine rings is 1. The van der Waals surface area contributed by atoms with Crippen LogP contribution in [0.5, 0.6) is 0 Å². The first kappa shape index (κ1) is 20.7. The van der Waals surface area contributed by atoms with E-state index in [0.29, 0.717) is 30.5 Å². The van der Waals surface area contributed by atoms with Crippen molar-refractivity contribution in [2.75, 3.05) is 43.1 Å². The van der Waals surface area contributed by atoms with Gasteiger partial charge >= 0.3 is 0 Å². The van der Waals surface area contributed by atoms with Crippen LogP contribution in [0.1, 0.15) is 30.5 Å². The summed E-state index contributed by atoms with van der Waals surface area (Å²) in [5.41, 5.74) is 3.76. The molecule has 1 fully saturated rings. The molecule has 1 saturated heterocycles. The van der Waals surface area contributed by atoms with Gasteiger partial charge in [0.15, 0.2) is 0 Å². The van der Waals surface area contributed by atoms with Crippen LogP contribution in [0, 0.1) is 0 Å². The van der Waals surface area contributed by atoms with Gasteiger partial charge in [0.2, 0.25) is 11.8 Å². The fourth-order valence-corrected chi connectivity index (χ4v) is 4.64. The molecule has 2 aliphatic heterocycles. The molecular weight excluding hydrogens is 402 g/mol. The van der Waals surface area contributed by atoms with Gasteiger partial charge in [-0.25, -0.2) is 0 Å². The van der Waals surface area contributed by atoms with E-state index in [4.69, 9.17) is 16.3 Å². The van der Waals surface area contributed by atoms with E-state index >= 15 is 0 Å². The molecule has 2 aromatic rings. The lowest BCUT2D eigenvalue weighted by atomic mass is 9.90. The number of carbonyl (C=O) groups is 2. The van der Waals surface area contributed by atoms with Gasteiger partial charge in [-0.2, -0.15) is 0 Å². The van der Waals surface area contributed by atoms with Crippen LogP contribution in [0.15, 0.2) is 42.5 Å². The third-order valence-corrected chi connectivity index (χ3v) is 6.09. The summed E-state index contributed by atoms with van der Waals surface area (Å²) in [5.74, 6) is -0.154. The number of ether oxygens (including phenoxy) is 1. The van der Waals surface area contributed by atoms with Gasteiger partial charge in [0.25, 0.3) is 0 Å². The Labute approximate surface area is 181 Å². The van der Waals surface area contributed by atoms with Crippen molar-refractivity contribution in [1.29, 1.82) is 0 Å². The van der Waals surface area contributed by atoms with Gasteiger partial charge < -0.3 is 19.9 Å². The number of halogens is 1. The Morgan fingerprint density at radius 3 is 2.63 bits per heavy atom. The van der Waals surface area contributed by atoms with Gasteiger partial charge in [-0.15, -0.1) is 0 Å². The van der Waals surface area contributed by atoms with Gasteiger partial charge in [-0.1, -0.05) is 41.9 Å². The Balaban J connectivity index is 1.56. The highest BCUT2D eigenvalue weighted by molar-refractivity contribution is 6.34. The van der Waals surface area contributed by atoms with E-state index in [1.54, 1.807) is 11.8 Å². The van der Waals surface area contributed by atoms with Crippen molar-refractivity contribution in [2.24, 2.45) is 0 Å². The fourth-order valence-electron chi connectivity index (χ4n) is 4.35. The second kappa shape index (κ2) is 9.06. The second-order valence-electron chi connectivity index (χ2n) is 7.66. The first-order valence-electron chi connectivity index (χ1n) is 10.3. The highest BCUT2D eigenvalue weighted by Crippen LogP contribution is 2.36. The minimum absolute atomic E-state index is 0.0148. The molecule has 4 rings (SSSR count). The fraction of sp³-hybridized carbons (Fsp3) is 0.391. The second-order valence-corrected chi connectivity index (χ2v) is 8.07. The summed E-state index contributed by atoms with van der Waals surface area (Å²) in [6, 6.07) is 13.3. The number of hydrogen-bond acceptors (Lipinski definition) is 4. The Morgan fingerprint density at radius 1 is 1.10 bits per heavy atom. The molecule has 158 valence electrons. The summed E-state index contributed by atoms with van der Waals surface area (Å²) >= 11 is 6.48. The summed E-state index contributed by atoms with van der Waals surface area (Å²) < 4.78 is 5.44. The highest BCUT2D eigenvalue weighted by atomic mass is 35.5. The smallest absolute Gasteiger partial charge is 0.226 e. The number of hydrogen-bond donors (Lipinski definition) is 1. The number of amides is 2. The number of anilines is 2. The predicted octanol–water partition coefficient (Wildman–Crippen LogP) is 3.65. The van der Waals surface area contributed by atoms with Crippen molar-refractivity contribution < 1.29 is 14.3 Å². The van der Waals surface area contributed by atoms with E-state index < -0.39 is 0 Å². The van der Waals surface area contributed by atoms with E-state index in [9.17, 15) is 9.59 Å². The molecule has 0 saturated carbocycles. The molecule has 0 radical (unpaired) electrons. The monoisotopic (exact) mass is 427 g/mol. The van der Waals surface area contributed by atoms with Gasteiger partial charge in [0, 0.05) is 26.6 Å². The van der Waals surface area contributed by atoms with Crippen molar-refractivity contribution in [1.82, 2.24) is 4.90 Å². The quantitative estimate of drug-likeness (QED) is 0.809. The summed E-state index contributed by atoms with van der Waals surface area (Å²) in [6.07, 6.45) is 1.01. The van der Waals surface area contributed by atoms with Crippen molar-refractivity contribution in [3.05, 3.63) is 58.6 Å². The molecule has 1 atom stereocenters. The van der Waals surface area contributed by atoms with E-state index in [2.05, 4.69) is 16.3 Å². The molecule has 30 heavy (non-hydrogen) atoms. The van der Waals surface area contributed by atoms with Gasteiger partial charge in [-0.05, 0) is 29.7 Å². The molecular formula is C23H26ClN3O3. The zero-order valence-electron chi connectivity index (χ0n) is 17.1. The van der Waals surface area contributed by atoms with Crippen LogP contribution >= 0.6 is 11.6 Å². The molecule has 0 spiro atoms. The molecule has 6 nitrogen and oxygen atoms in total. The molecule has 1 N–H and O–H groups in total. The first-order chi connectivity index (χ1) is 14.5. The summed E-state index contributed by atoms with van der Waals surface area (Å²) in [4.78, 5) is 29.2. The summed E-state index contributed by atoms with van der Waals surface area (Å²) in [5, 5.41) is 3.64. The number of nitrogens with one attached hydrogen (secondary N) is 1. The van der Waals surface area contributed by atoms with Gasteiger partial charge in [0.05, 0.1) is 42.1 Å². The maximum absolute atomic E-state index is 13.1. The van der Waals surface area contributed by atoms with Crippen LogP contribution in [0.4, 0.5) is 11.4 Å².